The Kier molecular flexibility index (Phi) is 6.75. The number of benzene rings is 2. The van der Waals surface area contributed by atoms with E-state index in [0.717, 1.165) is 18.2 Å². The van der Waals surface area contributed by atoms with Crippen molar-refractivity contribution in [3.8, 4) is 0 Å². The van der Waals surface area contributed by atoms with E-state index in [2.05, 4.69) is 10.6 Å². The summed E-state index contributed by atoms with van der Waals surface area (Å²) in [5.74, 6) is -1.92. The summed E-state index contributed by atoms with van der Waals surface area (Å²) in [4.78, 5) is 35.3. The number of carbonyl (C=O) groups excluding carboxylic acids is 3. The van der Waals surface area contributed by atoms with Crippen molar-refractivity contribution in [1.29, 1.82) is 0 Å². The topological polar surface area (TPSA) is 84.5 Å². The van der Waals surface area contributed by atoms with Gasteiger partial charge in [-0.1, -0.05) is 6.07 Å². The molecule has 9 heteroatoms. The largest absolute Gasteiger partial charge is 0.462 e. The van der Waals surface area contributed by atoms with E-state index in [1.54, 1.807) is 6.92 Å². The van der Waals surface area contributed by atoms with E-state index in [4.69, 9.17) is 4.74 Å². The van der Waals surface area contributed by atoms with E-state index in [1.165, 1.54) is 30.3 Å². The molecule has 0 atom stereocenters. The number of nitrogens with one attached hydrogen (secondary N) is 2. The highest BCUT2D eigenvalue weighted by Crippen LogP contribution is 2.30. The van der Waals surface area contributed by atoms with Crippen LogP contribution in [0, 0.1) is 0 Å². The molecule has 0 fully saturated rings. The van der Waals surface area contributed by atoms with Crippen molar-refractivity contribution in [2.24, 2.45) is 0 Å². The molecule has 0 aliphatic heterocycles. The van der Waals surface area contributed by atoms with Crippen molar-refractivity contribution in [3.63, 3.8) is 0 Å². The molecule has 2 aromatic rings. The van der Waals surface area contributed by atoms with Gasteiger partial charge in [0, 0.05) is 11.4 Å². The van der Waals surface area contributed by atoms with Crippen molar-refractivity contribution in [1.82, 2.24) is 0 Å². The van der Waals surface area contributed by atoms with E-state index in [1.807, 2.05) is 0 Å². The Balaban J connectivity index is 1.91. The lowest BCUT2D eigenvalue weighted by Gasteiger charge is -2.10. The van der Waals surface area contributed by atoms with Gasteiger partial charge in [-0.15, -0.1) is 0 Å². The molecule has 28 heavy (non-hydrogen) atoms. The number of halogens is 3. The van der Waals surface area contributed by atoms with Gasteiger partial charge >= 0.3 is 12.1 Å². The molecular formula is C19H17F3N2O4. The molecule has 6 nitrogen and oxygen atoms in total. The zero-order valence-corrected chi connectivity index (χ0v) is 14.8. The standard InChI is InChI=1S/C19H17F3N2O4/c1-2-28-18(27)12-6-8-14(9-7-12)23-16(25)11-17(26)24-15-5-3-4-13(10-15)19(20,21)22/h3-10H,2,11H2,1H3,(H,23,25)(H,24,26). The van der Waals surface area contributed by atoms with Crippen molar-refractivity contribution in [3.05, 3.63) is 59.7 Å². The van der Waals surface area contributed by atoms with Gasteiger partial charge in [0.2, 0.25) is 11.8 Å². The van der Waals surface area contributed by atoms with Crippen LogP contribution in [0.4, 0.5) is 24.5 Å². The highest BCUT2D eigenvalue weighted by molar-refractivity contribution is 6.08. The molecule has 0 spiro atoms. The molecule has 0 unspecified atom stereocenters. The van der Waals surface area contributed by atoms with Crippen molar-refractivity contribution < 1.29 is 32.3 Å². The molecule has 2 amide bonds. The highest BCUT2D eigenvalue weighted by atomic mass is 19.4. The lowest BCUT2D eigenvalue weighted by Crippen LogP contribution is -2.21. The van der Waals surface area contributed by atoms with Gasteiger partial charge in [0.15, 0.2) is 0 Å². The molecule has 2 aromatic carbocycles. The zero-order valence-electron chi connectivity index (χ0n) is 14.8. The Morgan fingerprint density at radius 1 is 0.929 bits per heavy atom. The molecule has 0 heterocycles. The second-order valence-electron chi connectivity index (χ2n) is 5.65. The molecule has 0 bridgehead atoms. The summed E-state index contributed by atoms with van der Waals surface area (Å²) >= 11 is 0. The second kappa shape index (κ2) is 9.03. The Morgan fingerprint density at radius 2 is 1.54 bits per heavy atom. The third-order valence-electron chi connectivity index (χ3n) is 3.47. The fourth-order valence-corrected chi connectivity index (χ4v) is 2.23. The van der Waals surface area contributed by atoms with Gasteiger partial charge < -0.3 is 15.4 Å². The number of carbonyl (C=O) groups is 3. The summed E-state index contributed by atoms with van der Waals surface area (Å²) in [5.41, 5.74) is -0.310. The van der Waals surface area contributed by atoms with Crippen molar-refractivity contribution >= 4 is 29.2 Å². The van der Waals surface area contributed by atoms with Crippen LogP contribution in [0.3, 0.4) is 0 Å². The van der Waals surface area contributed by atoms with Gasteiger partial charge in [-0.25, -0.2) is 4.79 Å². The molecule has 0 radical (unpaired) electrons. The fraction of sp³-hybridized carbons (Fsp3) is 0.211. The first kappa shape index (κ1) is 20.9. The molecule has 0 saturated carbocycles. The maximum Gasteiger partial charge on any atom is 0.416 e. The number of ether oxygens (including phenoxy) is 1. The van der Waals surface area contributed by atoms with Crippen molar-refractivity contribution in [2.45, 2.75) is 19.5 Å². The first-order valence-corrected chi connectivity index (χ1v) is 8.23. The van der Waals surface area contributed by atoms with Gasteiger partial charge in [-0.2, -0.15) is 13.2 Å². The van der Waals surface area contributed by atoms with Gasteiger partial charge in [0.25, 0.3) is 0 Å². The monoisotopic (exact) mass is 394 g/mol. The van der Waals surface area contributed by atoms with E-state index >= 15 is 0 Å². The molecule has 2 N–H and O–H groups in total. The van der Waals surface area contributed by atoms with E-state index in [-0.39, 0.29) is 12.3 Å². The first-order chi connectivity index (χ1) is 13.2. The third-order valence-corrected chi connectivity index (χ3v) is 3.47. The summed E-state index contributed by atoms with van der Waals surface area (Å²) in [6.07, 6.45) is -5.12. The molecule has 0 aliphatic rings. The number of amides is 2. The Labute approximate surface area is 158 Å². The zero-order chi connectivity index (χ0) is 20.7. The van der Waals surface area contributed by atoms with Crippen LogP contribution in [0.1, 0.15) is 29.3 Å². The predicted octanol–water partition coefficient (Wildman–Crippen LogP) is 3.85. The van der Waals surface area contributed by atoms with Crippen LogP contribution in [-0.4, -0.2) is 24.4 Å². The smallest absolute Gasteiger partial charge is 0.416 e. The highest BCUT2D eigenvalue weighted by Gasteiger charge is 2.30. The normalized spacial score (nSPS) is 10.9. The van der Waals surface area contributed by atoms with E-state index < -0.39 is 35.9 Å². The number of hydrogen-bond donors (Lipinski definition) is 2. The molecule has 2 rings (SSSR count). The SMILES string of the molecule is CCOC(=O)c1ccc(NC(=O)CC(=O)Nc2cccc(C(F)(F)F)c2)cc1. The van der Waals surface area contributed by atoms with Crippen LogP contribution in [-0.2, 0) is 20.5 Å². The average Bonchev–Trinajstić information content (AvgIpc) is 2.61. The predicted molar refractivity (Wildman–Crippen MR) is 95.7 cm³/mol. The van der Waals surface area contributed by atoms with Gasteiger partial charge in [0.1, 0.15) is 6.42 Å². The maximum absolute atomic E-state index is 12.7. The molecule has 0 aliphatic carbocycles. The summed E-state index contributed by atoms with van der Waals surface area (Å²) in [5, 5.41) is 4.71. The van der Waals surface area contributed by atoms with Crippen LogP contribution in [0.5, 0.6) is 0 Å². The third kappa shape index (κ3) is 6.11. The van der Waals surface area contributed by atoms with Crippen molar-refractivity contribution in [2.75, 3.05) is 17.2 Å². The number of hydrogen-bond acceptors (Lipinski definition) is 4. The molecular weight excluding hydrogens is 377 g/mol. The molecule has 0 saturated heterocycles. The van der Waals surface area contributed by atoms with Gasteiger partial charge in [-0.05, 0) is 49.4 Å². The maximum atomic E-state index is 12.7. The van der Waals surface area contributed by atoms with E-state index in [0.29, 0.717) is 11.3 Å². The summed E-state index contributed by atoms with van der Waals surface area (Å²) in [6.45, 7) is 1.91. The summed E-state index contributed by atoms with van der Waals surface area (Å²) in [6, 6.07) is 9.95. The fourth-order valence-electron chi connectivity index (χ4n) is 2.23. The molecule has 0 aromatic heterocycles. The summed E-state index contributed by atoms with van der Waals surface area (Å²) in [7, 11) is 0. The van der Waals surface area contributed by atoms with Crippen LogP contribution in [0.2, 0.25) is 0 Å². The minimum atomic E-state index is -4.53. The average molecular weight is 394 g/mol. The van der Waals surface area contributed by atoms with Crippen LogP contribution in [0.25, 0.3) is 0 Å². The Bertz CT molecular complexity index is 864. The minimum Gasteiger partial charge on any atom is -0.462 e. The lowest BCUT2D eigenvalue weighted by atomic mass is 10.2. The number of esters is 1. The van der Waals surface area contributed by atoms with E-state index in [9.17, 15) is 27.6 Å². The second-order valence-corrected chi connectivity index (χ2v) is 5.65. The van der Waals surface area contributed by atoms with Crippen LogP contribution >= 0.6 is 0 Å². The van der Waals surface area contributed by atoms with Gasteiger partial charge in [-0.3, -0.25) is 9.59 Å². The molecule has 148 valence electrons. The quantitative estimate of drug-likeness (QED) is 0.576. The Hall–Kier alpha value is -3.36. The lowest BCUT2D eigenvalue weighted by molar-refractivity contribution is -0.137. The number of rotatable bonds is 6. The number of alkyl halides is 3. The number of anilines is 2. The van der Waals surface area contributed by atoms with Gasteiger partial charge in [0.05, 0.1) is 17.7 Å². The summed E-state index contributed by atoms with van der Waals surface area (Å²) < 4.78 is 42.9. The Morgan fingerprint density at radius 3 is 2.11 bits per heavy atom. The minimum absolute atomic E-state index is 0.0635. The van der Waals surface area contributed by atoms with Crippen LogP contribution in [0.15, 0.2) is 48.5 Å². The first-order valence-electron chi connectivity index (χ1n) is 8.23. The van der Waals surface area contributed by atoms with Crippen LogP contribution < -0.4 is 10.6 Å².